The van der Waals surface area contributed by atoms with E-state index in [9.17, 15) is 4.79 Å². The van der Waals surface area contributed by atoms with Crippen molar-refractivity contribution in [1.82, 2.24) is 14.5 Å². The number of hydrogen-bond donors (Lipinski definition) is 1. The van der Waals surface area contributed by atoms with Gasteiger partial charge in [-0.3, -0.25) is 4.79 Å². The molecule has 2 unspecified atom stereocenters. The van der Waals surface area contributed by atoms with Gasteiger partial charge in [0.25, 0.3) is 5.91 Å². The van der Waals surface area contributed by atoms with Gasteiger partial charge in [0.2, 0.25) is 0 Å². The zero-order valence-electron chi connectivity index (χ0n) is 22.6. The number of rotatable bonds is 6. The topological polar surface area (TPSA) is 89.8 Å². The van der Waals surface area contributed by atoms with E-state index in [1.165, 1.54) is 12.8 Å². The van der Waals surface area contributed by atoms with Crippen LogP contribution in [0.2, 0.25) is 0 Å². The monoisotopic (exact) mass is 525 g/mol. The molecule has 3 aromatic heterocycles. The van der Waals surface area contributed by atoms with Crippen molar-refractivity contribution in [2.75, 3.05) is 31.6 Å². The fourth-order valence-corrected chi connectivity index (χ4v) is 7.05. The average molecular weight is 526 g/mol. The predicted molar refractivity (Wildman–Crippen MR) is 151 cm³/mol. The number of carbonyl (C=O) groups excluding carboxylic acids is 1. The highest BCUT2D eigenvalue weighted by atomic mass is 16.5. The summed E-state index contributed by atoms with van der Waals surface area (Å²) in [7, 11) is 1.77. The molecule has 8 heteroatoms. The van der Waals surface area contributed by atoms with Gasteiger partial charge in [-0.25, -0.2) is 4.98 Å². The molecule has 2 bridgehead atoms. The number of benzene rings is 1. The van der Waals surface area contributed by atoms with Gasteiger partial charge in [0.15, 0.2) is 5.76 Å². The number of amides is 1. The van der Waals surface area contributed by atoms with Crippen LogP contribution in [-0.4, -0.2) is 65.3 Å². The van der Waals surface area contributed by atoms with Crippen molar-refractivity contribution < 1.29 is 13.9 Å². The summed E-state index contributed by atoms with van der Waals surface area (Å²) in [5, 5.41) is 2.17. The average Bonchev–Trinajstić information content (AvgIpc) is 3.33. The second-order valence-corrected chi connectivity index (χ2v) is 12.1. The highest BCUT2D eigenvalue weighted by Crippen LogP contribution is 2.41. The second-order valence-electron chi connectivity index (χ2n) is 12.1. The molecular formula is C31H35N5O3. The van der Waals surface area contributed by atoms with Crippen molar-refractivity contribution in [1.29, 1.82) is 0 Å². The summed E-state index contributed by atoms with van der Waals surface area (Å²) in [6.07, 6.45) is 4.94. The fourth-order valence-electron chi connectivity index (χ4n) is 7.05. The Hall–Kier alpha value is -3.36. The number of anilines is 1. The highest BCUT2D eigenvalue weighted by molar-refractivity contribution is 6.00. The van der Waals surface area contributed by atoms with Gasteiger partial charge in [-0.15, -0.1) is 0 Å². The van der Waals surface area contributed by atoms with Crippen molar-refractivity contribution >= 4 is 33.7 Å². The zero-order chi connectivity index (χ0) is 26.4. The van der Waals surface area contributed by atoms with Crippen molar-refractivity contribution in [2.45, 2.75) is 57.3 Å². The van der Waals surface area contributed by atoms with Gasteiger partial charge in [-0.1, -0.05) is 6.07 Å². The molecule has 8 nitrogen and oxygen atoms in total. The molecule has 8 rings (SSSR count). The minimum Gasteiger partial charge on any atom is -0.454 e. The van der Waals surface area contributed by atoms with Crippen molar-refractivity contribution in [3.63, 3.8) is 0 Å². The van der Waals surface area contributed by atoms with Gasteiger partial charge in [-0.2, -0.15) is 0 Å². The van der Waals surface area contributed by atoms with Gasteiger partial charge in [-0.05, 0) is 74.8 Å². The summed E-state index contributed by atoms with van der Waals surface area (Å²) in [5.74, 6) is 3.04. The molecule has 39 heavy (non-hydrogen) atoms. The summed E-state index contributed by atoms with van der Waals surface area (Å²) in [4.78, 5) is 22.8. The molecule has 3 atom stereocenters. The van der Waals surface area contributed by atoms with Crippen LogP contribution in [0.3, 0.4) is 0 Å². The van der Waals surface area contributed by atoms with Gasteiger partial charge >= 0.3 is 0 Å². The van der Waals surface area contributed by atoms with Crippen molar-refractivity contribution in [3.05, 3.63) is 47.5 Å². The number of nitrogens with zero attached hydrogens (tertiary/aromatic N) is 4. The molecule has 0 spiro atoms. The maximum Gasteiger partial charge on any atom is 0.254 e. The Kier molecular flexibility index (Phi) is 5.17. The molecule has 0 radical (unpaired) electrons. The molecule has 5 heterocycles. The molecule has 2 aliphatic heterocycles. The number of ether oxygens (including phenoxy) is 1. The van der Waals surface area contributed by atoms with Gasteiger partial charge < -0.3 is 29.3 Å². The van der Waals surface area contributed by atoms with Crippen LogP contribution in [0.15, 0.2) is 40.8 Å². The van der Waals surface area contributed by atoms with Crippen LogP contribution in [-0.2, 0) is 11.3 Å². The SMILES string of the molecule is COC1CN(c2ccc3cc(-c4oc5cc(C(=O)N6CC7CCC6[C@@H]7N)ccc5c4C)n(CC4CC4)c3n2)C1. The molecule has 202 valence electrons. The van der Waals surface area contributed by atoms with E-state index in [1.807, 2.05) is 23.1 Å². The molecule has 2 N–H and O–H groups in total. The standard InChI is InChI=1S/C31H35N5O3/c1-17-23-8-5-20(31(37)36-14-21-6-9-24(36)28(21)32)12-26(23)39-29(17)25-11-19-7-10-27(34-15-22(16-34)38-2)33-30(19)35(25)13-18-3-4-18/h5,7-8,10-12,18,21-22,24,28H,3-4,6,9,13-16,32H2,1-2H3/t21?,24?,28-/m1/s1. The lowest BCUT2D eigenvalue weighted by Crippen LogP contribution is -2.52. The number of piperidine rings is 1. The molecule has 2 saturated heterocycles. The molecule has 2 aliphatic carbocycles. The van der Waals surface area contributed by atoms with Gasteiger partial charge in [0.05, 0.1) is 11.8 Å². The largest absolute Gasteiger partial charge is 0.454 e. The first-order valence-corrected chi connectivity index (χ1v) is 14.4. The maximum atomic E-state index is 13.4. The zero-order valence-corrected chi connectivity index (χ0v) is 22.6. The minimum atomic E-state index is 0.0661. The van der Waals surface area contributed by atoms with E-state index in [-0.39, 0.29) is 24.1 Å². The third-order valence-electron chi connectivity index (χ3n) is 9.70. The van der Waals surface area contributed by atoms with E-state index in [0.717, 1.165) is 83.9 Å². The number of pyridine rings is 1. The number of nitrogens with two attached hydrogens (primary N) is 1. The molecule has 4 aliphatic rings. The Morgan fingerprint density at radius 3 is 2.67 bits per heavy atom. The van der Waals surface area contributed by atoms with Crippen LogP contribution in [0.5, 0.6) is 0 Å². The number of methoxy groups -OCH3 is 1. The van der Waals surface area contributed by atoms with Crippen LogP contribution in [0.1, 0.15) is 41.6 Å². The van der Waals surface area contributed by atoms with Crippen LogP contribution in [0, 0.1) is 18.8 Å². The Labute approximate surface area is 227 Å². The molecule has 1 amide bonds. The summed E-state index contributed by atoms with van der Waals surface area (Å²) in [6.45, 7) is 5.57. The minimum absolute atomic E-state index is 0.0661. The van der Waals surface area contributed by atoms with E-state index >= 15 is 0 Å². The molecular weight excluding hydrogens is 490 g/mol. The number of likely N-dealkylation sites (tertiary alicyclic amines) is 1. The molecule has 4 aromatic rings. The Morgan fingerprint density at radius 1 is 1.10 bits per heavy atom. The maximum absolute atomic E-state index is 13.4. The predicted octanol–water partition coefficient (Wildman–Crippen LogP) is 4.56. The number of fused-ring (bicyclic) bond motifs is 4. The third kappa shape index (κ3) is 3.64. The fraction of sp³-hybridized carbons (Fsp3) is 0.484. The smallest absolute Gasteiger partial charge is 0.254 e. The van der Waals surface area contributed by atoms with Crippen LogP contribution < -0.4 is 10.6 Å². The summed E-state index contributed by atoms with van der Waals surface area (Å²) in [5.41, 5.74) is 11.0. The van der Waals surface area contributed by atoms with Gasteiger partial charge in [0.1, 0.15) is 17.0 Å². The molecule has 4 fully saturated rings. The van der Waals surface area contributed by atoms with Crippen LogP contribution in [0.25, 0.3) is 33.5 Å². The first kappa shape index (κ1) is 23.5. The molecule has 2 saturated carbocycles. The second kappa shape index (κ2) is 8.57. The lowest BCUT2D eigenvalue weighted by molar-refractivity contribution is 0.0700. The summed E-state index contributed by atoms with van der Waals surface area (Å²) >= 11 is 0. The van der Waals surface area contributed by atoms with E-state index in [0.29, 0.717) is 17.4 Å². The number of aryl methyl sites for hydroxylation is 1. The van der Waals surface area contributed by atoms with Crippen molar-refractivity contribution in [2.24, 2.45) is 17.6 Å². The summed E-state index contributed by atoms with van der Waals surface area (Å²) in [6, 6.07) is 12.7. The van der Waals surface area contributed by atoms with E-state index in [2.05, 4.69) is 34.6 Å². The lowest BCUT2D eigenvalue weighted by Gasteiger charge is -2.39. The summed E-state index contributed by atoms with van der Waals surface area (Å²) < 4.78 is 14.4. The number of aromatic nitrogens is 2. The third-order valence-corrected chi connectivity index (χ3v) is 9.70. The number of furan rings is 1. The van der Waals surface area contributed by atoms with E-state index < -0.39 is 0 Å². The van der Waals surface area contributed by atoms with E-state index in [1.54, 1.807) is 7.11 Å². The first-order chi connectivity index (χ1) is 19.0. The first-order valence-electron chi connectivity index (χ1n) is 14.4. The van der Waals surface area contributed by atoms with Gasteiger partial charge in [0, 0.05) is 67.3 Å². The van der Waals surface area contributed by atoms with Crippen molar-refractivity contribution in [3.8, 4) is 11.5 Å². The Balaban J connectivity index is 1.17. The number of hydrogen-bond acceptors (Lipinski definition) is 6. The quantitative estimate of drug-likeness (QED) is 0.397. The van der Waals surface area contributed by atoms with Crippen LogP contribution in [0.4, 0.5) is 5.82 Å². The van der Waals surface area contributed by atoms with E-state index in [4.69, 9.17) is 19.9 Å². The highest BCUT2D eigenvalue weighted by Gasteiger charge is 2.46. The Bertz CT molecular complexity index is 1610. The Morgan fingerprint density at radius 2 is 1.95 bits per heavy atom. The normalized spacial score (nSPS) is 24.8. The number of carbonyl (C=O) groups is 1. The van der Waals surface area contributed by atoms with Crippen LogP contribution >= 0.6 is 0 Å². The lowest BCUT2D eigenvalue weighted by atomic mass is 10.1. The molecule has 1 aromatic carbocycles.